The average Bonchev–Trinajstić information content (AvgIpc) is 2.88. The Morgan fingerprint density at radius 1 is 0.972 bits per heavy atom. The van der Waals surface area contributed by atoms with E-state index in [-0.39, 0.29) is 5.57 Å². The maximum atomic E-state index is 13.2. The summed E-state index contributed by atoms with van der Waals surface area (Å²) in [5.74, 6) is -0.0157. The third kappa shape index (κ3) is 5.41. The Labute approximate surface area is 216 Å². The van der Waals surface area contributed by atoms with Gasteiger partial charge in [0.05, 0.1) is 23.9 Å². The maximum Gasteiger partial charge on any atom is 0.335 e. The van der Waals surface area contributed by atoms with Crippen LogP contribution in [0.15, 0.2) is 76.8 Å². The molecule has 0 aromatic heterocycles. The van der Waals surface area contributed by atoms with Gasteiger partial charge in [-0.05, 0) is 76.5 Å². The smallest absolute Gasteiger partial charge is 0.335 e. The summed E-state index contributed by atoms with van der Waals surface area (Å²) < 4.78 is 17.3. The first kappa shape index (κ1) is 25.0. The molecule has 0 saturated carbocycles. The molecule has 4 rings (SSSR count). The van der Waals surface area contributed by atoms with Crippen molar-refractivity contribution in [3.05, 3.63) is 87.9 Å². The highest BCUT2D eigenvalue weighted by Gasteiger charge is 2.37. The van der Waals surface area contributed by atoms with E-state index in [1.165, 1.54) is 13.2 Å². The summed E-state index contributed by atoms with van der Waals surface area (Å²) in [5.41, 5.74) is 1.63. The number of barbiturate groups is 1. The quantitative estimate of drug-likeness (QED) is 0.309. The van der Waals surface area contributed by atoms with Gasteiger partial charge in [0.15, 0.2) is 11.5 Å². The van der Waals surface area contributed by atoms with Crippen molar-refractivity contribution in [1.82, 2.24) is 5.32 Å². The number of rotatable bonds is 8. The van der Waals surface area contributed by atoms with Crippen molar-refractivity contribution in [3.63, 3.8) is 0 Å². The SMILES string of the molecule is CCOc1c(Br)cc(/C=C2\C(=O)NC(=O)N(c3ccc(OCc4ccccc4)cc3)C2=O)cc1OC. The van der Waals surface area contributed by atoms with E-state index in [9.17, 15) is 14.4 Å². The molecule has 184 valence electrons. The Bertz CT molecular complexity index is 1320. The second kappa shape index (κ2) is 11.1. The number of carbonyl (C=O) groups is 3. The van der Waals surface area contributed by atoms with Crippen LogP contribution in [0.2, 0.25) is 0 Å². The molecule has 0 radical (unpaired) electrons. The normalized spacial score (nSPS) is 14.6. The predicted octanol–water partition coefficient (Wildman–Crippen LogP) is 5.10. The van der Waals surface area contributed by atoms with Crippen LogP contribution in [0.1, 0.15) is 18.1 Å². The summed E-state index contributed by atoms with van der Waals surface area (Å²) in [4.78, 5) is 39.2. The minimum Gasteiger partial charge on any atom is -0.493 e. The second-order valence-corrected chi connectivity index (χ2v) is 8.55. The van der Waals surface area contributed by atoms with E-state index >= 15 is 0 Å². The van der Waals surface area contributed by atoms with Gasteiger partial charge in [0.2, 0.25) is 0 Å². The number of anilines is 1. The van der Waals surface area contributed by atoms with Crippen molar-refractivity contribution >= 4 is 45.5 Å². The van der Waals surface area contributed by atoms with Gasteiger partial charge in [-0.3, -0.25) is 14.9 Å². The van der Waals surface area contributed by atoms with Crippen molar-refractivity contribution in [3.8, 4) is 17.2 Å². The van der Waals surface area contributed by atoms with Gasteiger partial charge in [-0.15, -0.1) is 0 Å². The molecule has 1 fully saturated rings. The Kier molecular flexibility index (Phi) is 7.70. The fraction of sp³-hybridized carbons (Fsp3) is 0.148. The Hall–Kier alpha value is -4.11. The molecule has 0 atom stereocenters. The molecule has 0 unspecified atom stereocenters. The lowest BCUT2D eigenvalue weighted by Gasteiger charge is -2.26. The predicted molar refractivity (Wildman–Crippen MR) is 138 cm³/mol. The second-order valence-electron chi connectivity index (χ2n) is 7.69. The molecule has 1 aliphatic heterocycles. The van der Waals surface area contributed by atoms with Crippen LogP contribution in [-0.4, -0.2) is 31.6 Å². The van der Waals surface area contributed by atoms with Crippen LogP contribution < -0.4 is 24.4 Å². The number of nitrogens with one attached hydrogen (secondary N) is 1. The number of ether oxygens (including phenoxy) is 3. The van der Waals surface area contributed by atoms with Crippen LogP contribution in [0.4, 0.5) is 10.5 Å². The monoisotopic (exact) mass is 550 g/mol. The van der Waals surface area contributed by atoms with Gasteiger partial charge >= 0.3 is 6.03 Å². The molecule has 8 nitrogen and oxygen atoms in total. The summed E-state index contributed by atoms with van der Waals surface area (Å²) >= 11 is 3.43. The maximum absolute atomic E-state index is 13.2. The lowest BCUT2D eigenvalue weighted by molar-refractivity contribution is -0.122. The minimum atomic E-state index is -0.828. The number of imide groups is 2. The average molecular weight is 551 g/mol. The Morgan fingerprint density at radius 3 is 2.36 bits per heavy atom. The van der Waals surface area contributed by atoms with E-state index in [0.717, 1.165) is 10.5 Å². The summed E-state index contributed by atoms with van der Waals surface area (Å²) in [6.45, 7) is 2.66. The van der Waals surface area contributed by atoms with Gasteiger partial charge in [0.1, 0.15) is 17.9 Å². The number of methoxy groups -OCH3 is 1. The fourth-order valence-electron chi connectivity index (χ4n) is 3.60. The number of carbonyl (C=O) groups excluding carboxylic acids is 3. The number of benzene rings is 3. The molecule has 9 heteroatoms. The van der Waals surface area contributed by atoms with Crippen LogP contribution in [0, 0.1) is 0 Å². The number of hydrogen-bond acceptors (Lipinski definition) is 6. The zero-order valence-electron chi connectivity index (χ0n) is 19.6. The number of amides is 4. The van der Waals surface area contributed by atoms with Crippen molar-refractivity contribution < 1.29 is 28.6 Å². The van der Waals surface area contributed by atoms with E-state index in [0.29, 0.717) is 46.2 Å². The van der Waals surface area contributed by atoms with Gasteiger partial charge < -0.3 is 14.2 Å². The van der Waals surface area contributed by atoms with Crippen molar-refractivity contribution in [2.45, 2.75) is 13.5 Å². The topological polar surface area (TPSA) is 94.2 Å². The molecule has 0 bridgehead atoms. The van der Waals surface area contributed by atoms with Gasteiger partial charge in [0.25, 0.3) is 11.8 Å². The lowest BCUT2D eigenvalue weighted by atomic mass is 10.1. The zero-order chi connectivity index (χ0) is 25.7. The first-order chi connectivity index (χ1) is 17.4. The highest BCUT2D eigenvalue weighted by atomic mass is 79.9. The summed E-state index contributed by atoms with van der Waals surface area (Å²) in [7, 11) is 1.49. The number of hydrogen-bond donors (Lipinski definition) is 1. The van der Waals surface area contributed by atoms with Crippen molar-refractivity contribution in [1.29, 1.82) is 0 Å². The first-order valence-electron chi connectivity index (χ1n) is 11.1. The molecule has 3 aromatic carbocycles. The lowest BCUT2D eigenvalue weighted by Crippen LogP contribution is -2.54. The Balaban J connectivity index is 1.57. The number of urea groups is 1. The molecular formula is C27H23BrN2O6. The molecule has 3 aromatic rings. The van der Waals surface area contributed by atoms with E-state index in [4.69, 9.17) is 14.2 Å². The van der Waals surface area contributed by atoms with Crippen LogP contribution in [-0.2, 0) is 16.2 Å². The summed E-state index contributed by atoms with van der Waals surface area (Å²) in [6.07, 6.45) is 1.40. The largest absolute Gasteiger partial charge is 0.493 e. The van der Waals surface area contributed by atoms with Gasteiger partial charge in [-0.2, -0.15) is 0 Å². The molecule has 1 saturated heterocycles. The highest BCUT2D eigenvalue weighted by molar-refractivity contribution is 9.10. The minimum absolute atomic E-state index is 0.197. The van der Waals surface area contributed by atoms with E-state index in [1.807, 2.05) is 37.3 Å². The van der Waals surface area contributed by atoms with Gasteiger partial charge in [0, 0.05) is 0 Å². The first-order valence-corrected chi connectivity index (χ1v) is 11.9. The van der Waals surface area contributed by atoms with Crippen LogP contribution in [0.5, 0.6) is 17.2 Å². The van der Waals surface area contributed by atoms with Crippen molar-refractivity contribution in [2.75, 3.05) is 18.6 Å². The van der Waals surface area contributed by atoms with Crippen molar-refractivity contribution in [2.24, 2.45) is 0 Å². The summed E-state index contributed by atoms with van der Waals surface area (Å²) in [6, 6.07) is 18.7. The molecule has 4 amide bonds. The van der Waals surface area contributed by atoms with E-state index in [1.54, 1.807) is 36.4 Å². The van der Waals surface area contributed by atoms with E-state index in [2.05, 4.69) is 21.2 Å². The highest BCUT2D eigenvalue weighted by Crippen LogP contribution is 2.37. The Morgan fingerprint density at radius 2 is 1.69 bits per heavy atom. The molecule has 1 N–H and O–H groups in total. The van der Waals surface area contributed by atoms with Crippen LogP contribution in [0.3, 0.4) is 0 Å². The molecule has 36 heavy (non-hydrogen) atoms. The number of nitrogens with zero attached hydrogens (tertiary/aromatic N) is 1. The standard InChI is InChI=1S/C27H23BrN2O6/c1-3-35-24-22(28)14-18(15-23(24)34-2)13-21-25(31)29-27(33)30(26(21)32)19-9-11-20(12-10-19)36-16-17-7-5-4-6-8-17/h4-15H,3,16H2,1-2H3,(H,29,31,33)/b21-13+. The molecule has 1 heterocycles. The fourth-order valence-corrected chi connectivity index (χ4v) is 4.17. The van der Waals surface area contributed by atoms with Gasteiger partial charge in [-0.1, -0.05) is 30.3 Å². The number of halogens is 1. The van der Waals surface area contributed by atoms with E-state index < -0.39 is 17.8 Å². The molecule has 1 aliphatic rings. The van der Waals surface area contributed by atoms with Crippen LogP contribution in [0.25, 0.3) is 6.08 Å². The molecule has 0 spiro atoms. The summed E-state index contributed by atoms with van der Waals surface area (Å²) in [5, 5.41) is 2.22. The third-order valence-electron chi connectivity index (χ3n) is 5.30. The third-order valence-corrected chi connectivity index (χ3v) is 5.89. The van der Waals surface area contributed by atoms with Gasteiger partial charge in [-0.25, -0.2) is 9.69 Å². The molecule has 0 aliphatic carbocycles. The molecular weight excluding hydrogens is 528 g/mol. The zero-order valence-corrected chi connectivity index (χ0v) is 21.2. The van der Waals surface area contributed by atoms with Crippen LogP contribution >= 0.6 is 15.9 Å².